The third kappa shape index (κ3) is 2.82. The second kappa shape index (κ2) is 6.46. The van der Waals surface area contributed by atoms with Gasteiger partial charge in [0.2, 0.25) is 9.84 Å². The molecule has 0 saturated carbocycles. The van der Waals surface area contributed by atoms with Crippen LogP contribution < -0.4 is 10.6 Å². The molecule has 0 unspecified atom stereocenters. The number of sulfone groups is 1. The molecule has 3 heterocycles. The summed E-state index contributed by atoms with van der Waals surface area (Å²) in [5.74, 6) is -0.189. The molecule has 2 fully saturated rings. The molecule has 144 valence electrons. The summed E-state index contributed by atoms with van der Waals surface area (Å²) in [6.45, 7) is 0. The lowest BCUT2D eigenvalue weighted by Crippen LogP contribution is -2.42. The van der Waals surface area contributed by atoms with E-state index in [4.69, 9.17) is 4.42 Å². The number of hydrogen-bond acceptors (Lipinski definition) is 5. The van der Waals surface area contributed by atoms with Crippen molar-refractivity contribution in [2.45, 2.75) is 47.2 Å². The molecule has 5 rings (SSSR count). The second-order valence-electron chi connectivity index (χ2n) is 7.49. The minimum absolute atomic E-state index is 0.0740. The van der Waals surface area contributed by atoms with Crippen LogP contribution in [0, 0.1) is 0 Å². The molecule has 2 aliphatic heterocycles. The highest BCUT2D eigenvalue weighted by Gasteiger charge is 2.39. The molecule has 3 atom stereocenters. The first-order valence-electron chi connectivity index (χ1n) is 9.41. The van der Waals surface area contributed by atoms with E-state index in [0.29, 0.717) is 28.6 Å². The van der Waals surface area contributed by atoms with E-state index in [-0.39, 0.29) is 21.7 Å². The molecular formula is C21H20N2O4S. The lowest BCUT2D eigenvalue weighted by molar-refractivity contribution is 0.0931. The maximum atomic E-state index is 13.0. The molecule has 2 aromatic carbocycles. The quantitative estimate of drug-likeness (QED) is 0.708. The summed E-state index contributed by atoms with van der Waals surface area (Å²) in [7, 11) is -3.73. The minimum Gasteiger partial charge on any atom is -0.463 e. The van der Waals surface area contributed by atoms with E-state index in [1.54, 1.807) is 48.5 Å². The normalized spacial score (nSPS) is 23.9. The van der Waals surface area contributed by atoms with Gasteiger partial charge in [0.1, 0.15) is 16.7 Å². The SMILES string of the molecule is O=C(N[C@@H]1C[C@H]2CC[C@@H]1N2)c1ccc2occ(S(=O)(=O)c3ccccc3)c2c1. The topological polar surface area (TPSA) is 88.4 Å². The van der Waals surface area contributed by atoms with Crippen molar-refractivity contribution in [2.75, 3.05) is 0 Å². The van der Waals surface area contributed by atoms with Crippen LogP contribution in [0.1, 0.15) is 29.6 Å². The number of furan rings is 1. The predicted molar refractivity (Wildman–Crippen MR) is 104 cm³/mol. The van der Waals surface area contributed by atoms with E-state index < -0.39 is 9.84 Å². The van der Waals surface area contributed by atoms with Crippen molar-refractivity contribution in [2.24, 2.45) is 0 Å². The molecule has 1 aromatic heterocycles. The predicted octanol–water partition coefficient (Wildman–Crippen LogP) is 2.89. The van der Waals surface area contributed by atoms with Gasteiger partial charge < -0.3 is 15.1 Å². The first kappa shape index (κ1) is 17.5. The number of carbonyl (C=O) groups excluding carboxylic acids is 1. The van der Waals surface area contributed by atoms with E-state index in [9.17, 15) is 13.2 Å². The molecule has 2 bridgehead atoms. The van der Waals surface area contributed by atoms with Crippen molar-refractivity contribution >= 4 is 26.7 Å². The van der Waals surface area contributed by atoms with Crippen LogP contribution in [-0.2, 0) is 9.84 Å². The van der Waals surface area contributed by atoms with E-state index in [1.807, 2.05) is 0 Å². The maximum absolute atomic E-state index is 13.0. The first-order chi connectivity index (χ1) is 13.5. The van der Waals surface area contributed by atoms with Gasteiger partial charge in [0.05, 0.1) is 4.90 Å². The zero-order valence-electron chi connectivity index (χ0n) is 15.1. The van der Waals surface area contributed by atoms with E-state index in [0.717, 1.165) is 12.8 Å². The largest absolute Gasteiger partial charge is 0.463 e. The Bertz CT molecular complexity index is 1150. The van der Waals surface area contributed by atoms with Crippen molar-refractivity contribution in [3.05, 3.63) is 60.4 Å². The highest BCUT2D eigenvalue weighted by Crippen LogP contribution is 2.31. The standard InChI is InChI=1S/C21H20N2O4S/c24-21(23-18-11-14-7-8-17(18)22-14)13-6-9-19-16(10-13)20(12-27-19)28(25,26)15-4-2-1-3-5-15/h1-6,9-10,12,14,17-18,22H,7-8,11H2,(H,23,24)/t14-,17+,18-/m1/s1. The zero-order chi connectivity index (χ0) is 19.3. The van der Waals surface area contributed by atoms with Crippen LogP contribution in [0.3, 0.4) is 0 Å². The average Bonchev–Trinajstić information content (AvgIpc) is 3.43. The van der Waals surface area contributed by atoms with Gasteiger partial charge >= 0.3 is 0 Å². The van der Waals surface area contributed by atoms with Gasteiger partial charge in [0, 0.05) is 29.1 Å². The number of carbonyl (C=O) groups is 1. The molecule has 3 aromatic rings. The summed E-state index contributed by atoms with van der Waals surface area (Å²) in [6.07, 6.45) is 4.43. The van der Waals surface area contributed by atoms with E-state index >= 15 is 0 Å². The Morgan fingerprint density at radius 1 is 1.11 bits per heavy atom. The van der Waals surface area contributed by atoms with Crippen molar-refractivity contribution in [3.8, 4) is 0 Å². The molecule has 1 amide bonds. The number of hydrogen-bond donors (Lipinski definition) is 2. The number of fused-ring (bicyclic) bond motifs is 3. The summed E-state index contributed by atoms with van der Waals surface area (Å²) in [4.78, 5) is 13.0. The number of benzene rings is 2. The molecule has 2 aliphatic rings. The Morgan fingerprint density at radius 3 is 2.64 bits per heavy atom. The lowest BCUT2D eigenvalue weighted by Gasteiger charge is -2.21. The maximum Gasteiger partial charge on any atom is 0.251 e. The summed E-state index contributed by atoms with van der Waals surface area (Å²) >= 11 is 0. The number of nitrogens with one attached hydrogen (secondary N) is 2. The number of rotatable bonds is 4. The molecule has 0 spiro atoms. The van der Waals surface area contributed by atoms with Crippen molar-refractivity contribution < 1.29 is 17.6 Å². The summed E-state index contributed by atoms with van der Waals surface area (Å²) in [5.41, 5.74) is 0.869. The fraction of sp³-hybridized carbons (Fsp3) is 0.286. The Kier molecular flexibility index (Phi) is 4.03. The Morgan fingerprint density at radius 2 is 1.93 bits per heavy atom. The molecule has 6 nitrogen and oxygen atoms in total. The average molecular weight is 396 g/mol. The van der Waals surface area contributed by atoms with Gasteiger partial charge in [-0.3, -0.25) is 4.79 Å². The molecule has 2 saturated heterocycles. The van der Waals surface area contributed by atoms with Crippen LogP contribution in [0.5, 0.6) is 0 Å². The summed E-state index contributed by atoms with van der Waals surface area (Å²) < 4.78 is 31.4. The van der Waals surface area contributed by atoms with Gasteiger partial charge in [-0.05, 0) is 49.6 Å². The van der Waals surface area contributed by atoms with Crippen LogP contribution >= 0.6 is 0 Å². The third-order valence-electron chi connectivity index (χ3n) is 5.76. The molecule has 0 radical (unpaired) electrons. The van der Waals surface area contributed by atoms with Crippen LogP contribution in [0.25, 0.3) is 11.0 Å². The van der Waals surface area contributed by atoms with Gasteiger partial charge in [-0.1, -0.05) is 18.2 Å². The highest BCUT2D eigenvalue weighted by atomic mass is 32.2. The van der Waals surface area contributed by atoms with Crippen LogP contribution in [-0.4, -0.2) is 32.5 Å². The van der Waals surface area contributed by atoms with Crippen molar-refractivity contribution in [3.63, 3.8) is 0 Å². The van der Waals surface area contributed by atoms with E-state index in [2.05, 4.69) is 10.6 Å². The van der Waals surface area contributed by atoms with Gasteiger partial charge in [-0.25, -0.2) is 8.42 Å². The molecule has 0 aliphatic carbocycles. The van der Waals surface area contributed by atoms with Crippen LogP contribution in [0.15, 0.2) is 69.0 Å². The van der Waals surface area contributed by atoms with Crippen molar-refractivity contribution in [1.82, 2.24) is 10.6 Å². The van der Waals surface area contributed by atoms with Crippen LogP contribution in [0.4, 0.5) is 0 Å². The minimum atomic E-state index is -3.73. The molecule has 28 heavy (non-hydrogen) atoms. The Balaban J connectivity index is 1.48. The monoisotopic (exact) mass is 396 g/mol. The van der Waals surface area contributed by atoms with Gasteiger partial charge in [-0.2, -0.15) is 0 Å². The molecule has 7 heteroatoms. The highest BCUT2D eigenvalue weighted by molar-refractivity contribution is 7.91. The lowest BCUT2D eigenvalue weighted by atomic mass is 9.95. The van der Waals surface area contributed by atoms with E-state index in [1.165, 1.54) is 12.7 Å². The third-order valence-corrected chi connectivity index (χ3v) is 7.55. The molecule has 2 N–H and O–H groups in total. The zero-order valence-corrected chi connectivity index (χ0v) is 15.9. The fourth-order valence-electron chi connectivity index (χ4n) is 4.32. The second-order valence-corrected chi connectivity index (χ2v) is 9.41. The van der Waals surface area contributed by atoms with Gasteiger partial charge in [-0.15, -0.1) is 0 Å². The first-order valence-corrected chi connectivity index (χ1v) is 10.9. The van der Waals surface area contributed by atoms with Gasteiger partial charge in [0.25, 0.3) is 5.91 Å². The Hall–Kier alpha value is -2.64. The number of amides is 1. The smallest absolute Gasteiger partial charge is 0.251 e. The fourth-order valence-corrected chi connectivity index (χ4v) is 5.71. The van der Waals surface area contributed by atoms with Crippen LogP contribution in [0.2, 0.25) is 0 Å². The summed E-state index contributed by atoms with van der Waals surface area (Å²) in [5, 5.41) is 7.01. The summed E-state index contributed by atoms with van der Waals surface area (Å²) in [6, 6.07) is 14.1. The Labute approximate surface area is 162 Å². The van der Waals surface area contributed by atoms with Crippen molar-refractivity contribution in [1.29, 1.82) is 0 Å². The molecular weight excluding hydrogens is 376 g/mol. The van der Waals surface area contributed by atoms with Gasteiger partial charge in [0.15, 0.2) is 0 Å².